The van der Waals surface area contributed by atoms with Gasteiger partial charge in [-0.1, -0.05) is 6.08 Å². The highest BCUT2D eigenvalue weighted by molar-refractivity contribution is 5.77. The monoisotopic (exact) mass is 559 g/mol. The van der Waals surface area contributed by atoms with Gasteiger partial charge in [-0.15, -0.1) is 11.7 Å². The van der Waals surface area contributed by atoms with Crippen LogP contribution in [0.25, 0.3) is 16.9 Å². The fourth-order valence-corrected chi connectivity index (χ4v) is 5.14. The summed E-state index contributed by atoms with van der Waals surface area (Å²) in [6.45, 7) is 11.9. The van der Waals surface area contributed by atoms with Gasteiger partial charge in [0, 0.05) is 42.6 Å². The van der Waals surface area contributed by atoms with E-state index in [0.29, 0.717) is 22.8 Å². The Morgan fingerprint density at radius 1 is 1.17 bits per heavy atom. The first-order valence-corrected chi connectivity index (χ1v) is 13.8. The summed E-state index contributed by atoms with van der Waals surface area (Å²) in [5.74, 6) is 1.44. The van der Waals surface area contributed by atoms with E-state index in [0.717, 1.165) is 43.1 Å². The number of anilines is 3. The molecule has 0 unspecified atom stereocenters. The third-order valence-corrected chi connectivity index (χ3v) is 7.74. The number of ether oxygens (including phenoxy) is 1. The standard InChI is InChI=1S/C29H37N9O3/c1-7-14-36-27(40)21-18-31-28(33-26(21)38(36)24-10-11-25(39)37(34-24)19(2)3)32-20-8-9-22(23(17-20)41-6)35-15-12-29(4,30-5)13-16-35/h7-11,17-19,30H,1,12-16H2,2-6H3,(H,31,32,33). The van der Waals surface area contributed by atoms with E-state index in [-0.39, 0.29) is 29.2 Å². The fourth-order valence-electron chi connectivity index (χ4n) is 5.14. The summed E-state index contributed by atoms with van der Waals surface area (Å²) in [5.41, 5.74) is 1.78. The molecule has 1 aromatic carbocycles. The first-order chi connectivity index (χ1) is 19.7. The maximum absolute atomic E-state index is 13.3. The Bertz CT molecular complexity index is 1690. The molecule has 12 nitrogen and oxygen atoms in total. The van der Waals surface area contributed by atoms with Gasteiger partial charge >= 0.3 is 0 Å². The van der Waals surface area contributed by atoms with Gasteiger partial charge < -0.3 is 20.3 Å². The van der Waals surface area contributed by atoms with Gasteiger partial charge in [-0.25, -0.2) is 19.0 Å². The van der Waals surface area contributed by atoms with Crippen LogP contribution in [0.4, 0.5) is 17.3 Å². The number of aromatic nitrogens is 6. The molecule has 1 fully saturated rings. The van der Waals surface area contributed by atoms with Crippen LogP contribution in [-0.2, 0) is 6.54 Å². The number of hydrogen-bond acceptors (Lipinski definition) is 9. The summed E-state index contributed by atoms with van der Waals surface area (Å²) in [6.07, 6.45) is 5.20. The van der Waals surface area contributed by atoms with E-state index in [1.807, 2.05) is 39.1 Å². The van der Waals surface area contributed by atoms with E-state index in [9.17, 15) is 9.59 Å². The number of piperidine rings is 1. The van der Waals surface area contributed by atoms with Crippen molar-refractivity contribution >= 4 is 28.4 Å². The number of nitrogens with zero attached hydrogens (tertiary/aromatic N) is 7. The molecule has 0 aliphatic carbocycles. The second kappa shape index (κ2) is 11.2. The van der Waals surface area contributed by atoms with Crippen LogP contribution in [0.3, 0.4) is 0 Å². The molecule has 5 rings (SSSR count). The number of rotatable bonds is 9. The van der Waals surface area contributed by atoms with Gasteiger partial charge in [-0.2, -0.15) is 4.98 Å². The van der Waals surface area contributed by atoms with Crippen molar-refractivity contribution in [2.24, 2.45) is 0 Å². The van der Waals surface area contributed by atoms with Crippen LogP contribution in [0.2, 0.25) is 0 Å². The number of nitrogens with one attached hydrogen (secondary N) is 2. The van der Waals surface area contributed by atoms with Gasteiger partial charge in [0.05, 0.1) is 25.4 Å². The van der Waals surface area contributed by atoms with Gasteiger partial charge in [0.1, 0.15) is 11.1 Å². The van der Waals surface area contributed by atoms with Crippen molar-refractivity contribution in [2.45, 2.75) is 51.7 Å². The molecule has 0 atom stereocenters. The Hall–Kier alpha value is -4.45. The highest BCUT2D eigenvalue weighted by atomic mass is 16.5. The zero-order valence-corrected chi connectivity index (χ0v) is 24.2. The van der Waals surface area contributed by atoms with Gasteiger partial charge in [-0.05, 0) is 58.9 Å². The molecule has 4 heterocycles. The van der Waals surface area contributed by atoms with Crippen molar-refractivity contribution < 1.29 is 4.74 Å². The van der Waals surface area contributed by atoms with E-state index in [1.54, 1.807) is 23.9 Å². The van der Waals surface area contributed by atoms with Crippen LogP contribution in [-0.4, -0.2) is 61.9 Å². The summed E-state index contributed by atoms with van der Waals surface area (Å²) >= 11 is 0. The predicted octanol–water partition coefficient (Wildman–Crippen LogP) is 3.24. The minimum absolute atomic E-state index is 0.147. The van der Waals surface area contributed by atoms with Crippen molar-refractivity contribution in [3.63, 3.8) is 0 Å². The largest absolute Gasteiger partial charge is 0.495 e. The normalized spacial score (nSPS) is 14.9. The molecule has 0 amide bonds. The van der Waals surface area contributed by atoms with Crippen molar-refractivity contribution in [1.29, 1.82) is 0 Å². The van der Waals surface area contributed by atoms with Gasteiger partial charge in [-0.3, -0.25) is 9.59 Å². The maximum atomic E-state index is 13.3. The molecule has 0 radical (unpaired) electrons. The van der Waals surface area contributed by atoms with Gasteiger partial charge in [0.15, 0.2) is 11.5 Å². The molecule has 41 heavy (non-hydrogen) atoms. The summed E-state index contributed by atoms with van der Waals surface area (Å²) in [7, 11) is 3.68. The SMILES string of the molecule is C=CCn1c(=O)c2cnc(Nc3ccc(N4CCC(C)(NC)CC4)c(OC)c3)nc2n1-c1ccc(=O)n(C(C)C)n1. The molecule has 0 bridgehead atoms. The Balaban J connectivity index is 1.51. The number of hydrogen-bond donors (Lipinski definition) is 2. The number of fused-ring (bicyclic) bond motifs is 1. The second-order valence-electron chi connectivity index (χ2n) is 10.8. The molecule has 12 heteroatoms. The van der Waals surface area contributed by atoms with Crippen LogP contribution in [0.1, 0.15) is 39.7 Å². The minimum Gasteiger partial charge on any atom is -0.495 e. The first kappa shape index (κ1) is 28.1. The van der Waals surface area contributed by atoms with Crippen LogP contribution in [0, 0.1) is 0 Å². The van der Waals surface area contributed by atoms with Crippen LogP contribution in [0.15, 0.2) is 58.8 Å². The Morgan fingerprint density at radius 3 is 2.59 bits per heavy atom. The van der Waals surface area contributed by atoms with Crippen LogP contribution in [0.5, 0.6) is 5.75 Å². The number of methoxy groups -OCH3 is 1. The second-order valence-corrected chi connectivity index (χ2v) is 10.8. The van der Waals surface area contributed by atoms with Crippen LogP contribution >= 0.6 is 0 Å². The summed E-state index contributed by atoms with van der Waals surface area (Å²) in [5, 5.41) is 11.5. The molecule has 1 aliphatic heterocycles. The molecule has 3 aromatic heterocycles. The molecule has 216 valence electrons. The van der Waals surface area contributed by atoms with Gasteiger partial charge in [0.2, 0.25) is 5.95 Å². The van der Waals surface area contributed by atoms with Crippen molar-refractivity contribution in [2.75, 3.05) is 37.5 Å². The quantitative estimate of drug-likeness (QED) is 0.298. The third kappa shape index (κ3) is 5.34. The molecule has 4 aromatic rings. The van der Waals surface area contributed by atoms with Crippen molar-refractivity contribution in [3.05, 3.63) is 69.9 Å². The summed E-state index contributed by atoms with van der Waals surface area (Å²) in [6, 6.07) is 8.78. The zero-order valence-electron chi connectivity index (χ0n) is 24.2. The van der Waals surface area contributed by atoms with E-state index in [1.165, 1.54) is 21.6 Å². The summed E-state index contributed by atoms with van der Waals surface area (Å²) < 4.78 is 10.2. The third-order valence-electron chi connectivity index (χ3n) is 7.74. The Morgan fingerprint density at radius 2 is 1.93 bits per heavy atom. The molecule has 2 N–H and O–H groups in total. The number of allylic oxidation sites excluding steroid dienone is 1. The smallest absolute Gasteiger partial charge is 0.278 e. The van der Waals surface area contributed by atoms with E-state index in [2.05, 4.69) is 39.1 Å². The highest BCUT2D eigenvalue weighted by Crippen LogP contribution is 2.35. The van der Waals surface area contributed by atoms with E-state index < -0.39 is 0 Å². The minimum atomic E-state index is -0.280. The van der Waals surface area contributed by atoms with E-state index in [4.69, 9.17) is 9.72 Å². The average Bonchev–Trinajstić information content (AvgIpc) is 3.24. The fraction of sp³-hybridized carbons (Fsp3) is 0.414. The topological polar surface area (TPSA) is 124 Å². The lowest BCUT2D eigenvalue weighted by Crippen LogP contribution is -2.50. The highest BCUT2D eigenvalue weighted by Gasteiger charge is 2.29. The Labute approximate surface area is 238 Å². The molecular formula is C29H37N9O3. The number of benzene rings is 1. The summed E-state index contributed by atoms with van der Waals surface area (Å²) in [4.78, 5) is 37.1. The lowest BCUT2D eigenvalue weighted by atomic mass is 9.89. The zero-order chi connectivity index (χ0) is 29.3. The lowest BCUT2D eigenvalue weighted by Gasteiger charge is -2.40. The van der Waals surface area contributed by atoms with Crippen molar-refractivity contribution in [3.8, 4) is 11.6 Å². The first-order valence-electron chi connectivity index (χ1n) is 13.8. The maximum Gasteiger partial charge on any atom is 0.278 e. The predicted molar refractivity (Wildman–Crippen MR) is 161 cm³/mol. The molecular weight excluding hydrogens is 522 g/mol. The molecule has 1 aliphatic rings. The average molecular weight is 560 g/mol. The van der Waals surface area contributed by atoms with Gasteiger partial charge in [0.25, 0.3) is 11.1 Å². The van der Waals surface area contributed by atoms with Crippen molar-refractivity contribution in [1.82, 2.24) is 34.4 Å². The van der Waals surface area contributed by atoms with E-state index >= 15 is 0 Å². The molecule has 1 saturated heterocycles. The Kier molecular flexibility index (Phi) is 7.68. The molecule has 0 saturated carbocycles. The molecule has 0 spiro atoms. The van der Waals surface area contributed by atoms with Crippen LogP contribution < -0.4 is 31.4 Å². The lowest BCUT2D eigenvalue weighted by molar-refractivity contribution is 0.303.